The Morgan fingerprint density at radius 2 is 1.79 bits per heavy atom. The molecule has 0 aliphatic rings. The molecular weight excluding hydrogens is 295 g/mol. The molecule has 2 aromatic carbocycles. The summed E-state index contributed by atoms with van der Waals surface area (Å²) in [4.78, 5) is 11.9. The minimum atomic E-state index is -1.05. The molecule has 2 aromatic rings. The van der Waals surface area contributed by atoms with Gasteiger partial charge in [-0.15, -0.1) is 0 Å². The maximum atomic E-state index is 13.0. The quantitative estimate of drug-likeness (QED) is 0.868. The zero-order valence-electron chi connectivity index (χ0n) is 9.38. The summed E-state index contributed by atoms with van der Waals surface area (Å²) in [6, 6.07) is 7.63. The monoisotopic (exact) mass is 301 g/mol. The zero-order valence-corrected chi connectivity index (χ0v) is 10.9. The third-order valence-electron chi connectivity index (χ3n) is 2.37. The second-order valence-corrected chi connectivity index (χ2v) is 4.47. The molecule has 0 saturated heterocycles. The number of amides is 1. The molecule has 0 spiro atoms. The Balaban J connectivity index is 2.26. The Hall–Kier alpha value is -1.65. The Labute approximate surface area is 118 Å². The average Bonchev–Trinajstić information content (AvgIpc) is 2.37. The summed E-state index contributed by atoms with van der Waals surface area (Å²) in [5.74, 6) is -2.59. The fourth-order valence-corrected chi connectivity index (χ4v) is 1.84. The second kappa shape index (κ2) is 5.55. The minimum Gasteiger partial charge on any atom is -0.322 e. The fraction of sp³-hybridized carbons (Fsp3) is 0. The van der Waals surface area contributed by atoms with Crippen molar-refractivity contribution < 1.29 is 13.6 Å². The van der Waals surface area contributed by atoms with E-state index in [1.165, 1.54) is 18.2 Å². The molecule has 0 heterocycles. The molecule has 0 aliphatic carbocycles. The van der Waals surface area contributed by atoms with Gasteiger partial charge < -0.3 is 5.32 Å². The lowest BCUT2D eigenvalue weighted by Crippen LogP contribution is -2.12. The van der Waals surface area contributed by atoms with Crippen molar-refractivity contribution in [1.29, 1.82) is 0 Å². The molecule has 0 atom stereocenters. The SMILES string of the molecule is O=C(Nc1ccc(F)c(F)c1)c1cccc(Cl)c1Cl. The molecule has 1 amide bonds. The molecule has 98 valence electrons. The largest absolute Gasteiger partial charge is 0.322 e. The van der Waals surface area contributed by atoms with Gasteiger partial charge in [-0.05, 0) is 24.3 Å². The van der Waals surface area contributed by atoms with Crippen molar-refractivity contribution in [2.75, 3.05) is 5.32 Å². The number of hydrogen-bond acceptors (Lipinski definition) is 1. The van der Waals surface area contributed by atoms with Gasteiger partial charge in [0.1, 0.15) is 0 Å². The normalized spacial score (nSPS) is 10.3. The van der Waals surface area contributed by atoms with Crippen LogP contribution >= 0.6 is 23.2 Å². The lowest BCUT2D eigenvalue weighted by Gasteiger charge is -2.07. The maximum Gasteiger partial charge on any atom is 0.257 e. The minimum absolute atomic E-state index is 0.101. The molecule has 2 nitrogen and oxygen atoms in total. The summed E-state index contributed by atoms with van der Waals surface area (Å²) in [5.41, 5.74) is 0.277. The summed E-state index contributed by atoms with van der Waals surface area (Å²) in [7, 11) is 0. The van der Waals surface area contributed by atoms with Gasteiger partial charge in [0.25, 0.3) is 5.91 Å². The lowest BCUT2D eigenvalue weighted by atomic mass is 10.2. The van der Waals surface area contributed by atoms with E-state index in [-0.39, 0.29) is 21.3 Å². The van der Waals surface area contributed by atoms with Crippen molar-refractivity contribution in [3.05, 3.63) is 63.6 Å². The molecule has 0 unspecified atom stereocenters. The topological polar surface area (TPSA) is 29.1 Å². The molecule has 19 heavy (non-hydrogen) atoms. The maximum absolute atomic E-state index is 13.0. The summed E-state index contributed by atoms with van der Waals surface area (Å²) >= 11 is 11.7. The average molecular weight is 302 g/mol. The smallest absolute Gasteiger partial charge is 0.257 e. The fourth-order valence-electron chi connectivity index (χ4n) is 1.45. The number of halogens is 4. The van der Waals surface area contributed by atoms with Crippen LogP contribution in [-0.4, -0.2) is 5.91 Å². The van der Waals surface area contributed by atoms with Crippen LogP contribution in [0.1, 0.15) is 10.4 Å². The Kier molecular flexibility index (Phi) is 4.02. The number of hydrogen-bond donors (Lipinski definition) is 1. The van der Waals surface area contributed by atoms with Gasteiger partial charge in [0.2, 0.25) is 0 Å². The van der Waals surface area contributed by atoms with Crippen molar-refractivity contribution in [3.8, 4) is 0 Å². The standard InChI is InChI=1S/C13H7Cl2F2NO/c14-9-3-1-2-8(12(9)15)13(19)18-7-4-5-10(16)11(17)6-7/h1-6H,(H,18,19). The van der Waals surface area contributed by atoms with Crippen LogP contribution in [0, 0.1) is 11.6 Å². The summed E-state index contributed by atoms with van der Waals surface area (Å²) < 4.78 is 25.8. The molecule has 0 bridgehead atoms. The molecule has 0 aliphatic heterocycles. The number of nitrogens with one attached hydrogen (secondary N) is 1. The Morgan fingerprint density at radius 3 is 2.47 bits per heavy atom. The second-order valence-electron chi connectivity index (χ2n) is 3.68. The number of carbonyl (C=O) groups is 1. The number of anilines is 1. The van der Waals surface area contributed by atoms with Gasteiger partial charge in [-0.3, -0.25) is 4.79 Å². The van der Waals surface area contributed by atoms with E-state index in [2.05, 4.69) is 5.32 Å². The molecule has 0 aromatic heterocycles. The van der Waals surface area contributed by atoms with Crippen molar-refractivity contribution in [3.63, 3.8) is 0 Å². The van der Waals surface area contributed by atoms with E-state index in [0.29, 0.717) is 0 Å². The molecule has 0 radical (unpaired) electrons. The first-order chi connectivity index (χ1) is 8.99. The van der Waals surface area contributed by atoms with Crippen molar-refractivity contribution >= 4 is 34.8 Å². The van der Waals surface area contributed by atoms with E-state index in [1.807, 2.05) is 0 Å². The van der Waals surface area contributed by atoms with E-state index in [0.717, 1.165) is 12.1 Å². The zero-order chi connectivity index (χ0) is 14.0. The Morgan fingerprint density at radius 1 is 1.05 bits per heavy atom. The highest BCUT2D eigenvalue weighted by molar-refractivity contribution is 6.44. The first-order valence-corrected chi connectivity index (χ1v) is 5.95. The number of carbonyl (C=O) groups excluding carboxylic acids is 1. The van der Waals surface area contributed by atoms with Crippen LogP contribution in [0.25, 0.3) is 0 Å². The van der Waals surface area contributed by atoms with Gasteiger partial charge in [0.05, 0.1) is 15.6 Å². The first kappa shape index (κ1) is 13.8. The van der Waals surface area contributed by atoms with E-state index < -0.39 is 17.5 Å². The van der Waals surface area contributed by atoms with Gasteiger partial charge in [0, 0.05) is 11.8 Å². The molecule has 1 N–H and O–H groups in total. The van der Waals surface area contributed by atoms with E-state index in [9.17, 15) is 13.6 Å². The van der Waals surface area contributed by atoms with Crippen LogP contribution in [0.15, 0.2) is 36.4 Å². The molecule has 2 rings (SSSR count). The number of rotatable bonds is 2. The Bertz CT molecular complexity index is 647. The van der Waals surface area contributed by atoms with Crippen LogP contribution < -0.4 is 5.32 Å². The molecule has 6 heteroatoms. The van der Waals surface area contributed by atoms with E-state index in [1.54, 1.807) is 6.07 Å². The first-order valence-electron chi connectivity index (χ1n) is 5.19. The van der Waals surface area contributed by atoms with Gasteiger partial charge in [-0.1, -0.05) is 29.3 Å². The molecule has 0 fully saturated rings. The van der Waals surface area contributed by atoms with Crippen molar-refractivity contribution in [1.82, 2.24) is 0 Å². The summed E-state index contributed by atoms with van der Waals surface area (Å²) in [6.45, 7) is 0. The van der Waals surface area contributed by atoms with Gasteiger partial charge in [-0.25, -0.2) is 8.78 Å². The van der Waals surface area contributed by atoms with E-state index in [4.69, 9.17) is 23.2 Å². The molecule has 0 saturated carbocycles. The summed E-state index contributed by atoms with van der Waals surface area (Å²) in [6.07, 6.45) is 0. The van der Waals surface area contributed by atoms with Gasteiger partial charge in [-0.2, -0.15) is 0 Å². The van der Waals surface area contributed by atoms with E-state index >= 15 is 0 Å². The van der Waals surface area contributed by atoms with Crippen LogP contribution in [-0.2, 0) is 0 Å². The third-order valence-corrected chi connectivity index (χ3v) is 3.19. The predicted molar refractivity (Wildman–Crippen MR) is 70.8 cm³/mol. The van der Waals surface area contributed by atoms with Crippen LogP contribution in [0.4, 0.5) is 14.5 Å². The lowest BCUT2D eigenvalue weighted by molar-refractivity contribution is 0.102. The highest BCUT2D eigenvalue weighted by atomic mass is 35.5. The van der Waals surface area contributed by atoms with Crippen LogP contribution in [0.5, 0.6) is 0 Å². The van der Waals surface area contributed by atoms with Gasteiger partial charge >= 0.3 is 0 Å². The van der Waals surface area contributed by atoms with Crippen molar-refractivity contribution in [2.24, 2.45) is 0 Å². The van der Waals surface area contributed by atoms with Gasteiger partial charge in [0.15, 0.2) is 11.6 Å². The molecular formula is C13H7Cl2F2NO. The third kappa shape index (κ3) is 3.03. The highest BCUT2D eigenvalue weighted by Gasteiger charge is 2.13. The summed E-state index contributed by atoms with van der Waals surface area (Å²) in [5, 5.41) is 2.74. The highest BCUT2D eigenvalue weighted by Crippen LogP contribution is 2.26. The van der Waals surface area contributed by atoms with Crippen LogP contribution in [0.2, 0.25) is 10.0 Å². The van der Waals surface area contributed by atoms with Crippen molar-refractivity contribution in [2.45, 2.75) is 0 Å². The predicted octanol–water partition coefficient (Wildman–Crippen LogP) is 4.52. The number of benzene rings is 2. The van der Waals surface area contributed by atoms with Crippen LogP contribution in [0.3, 0.4) is 0 Å².